The van der Waals surface area contributed by atoms with Gasteiger partial charge in [0.05, 0.1) is 11.9 Å². The van der Waals surface area contributed by atoms with E-state index in [-0.39, 0.29) is 19.4 Å². The number of amides is 1. The number of pyridine rings is 1. The minimum absolute atomic E-state index is 0.00243. The number of nitrogens with zero attached hydrogens (tertiary/aromatic N) is 5. The number of hydrogen-bond donors (Lipinski definition) is 1. The predicted octanol–water partition coefficient (Wildman–Crippen LogP) is 3.36. The van der Waals surface area contributed by atoms with E-state index in [9.17, 15) is 14.0 Å². The lowest BCUT2D eigenvalue weighted by Gasteiger charge is -2.31. The predicted molar refractivity (Wildman–Crippen MR) is 119 cm³/mol. The van der Waals surface area contributed by atoms with Gasteiger partial charge in [0.25, 0.3) is 0 Å². The molecule has 2 heterocycles. The Hall–Kier alpha value is -3.24. The van der Waals surface area contributed by atoms with Crippen molar-refractivity contribution in [1.82, 2.24) is 24.9 Å². The van der Waals surface area contributed by atoms with Crippen molar-refractivity contribution in [3.8, 4) is 17.1 Å². The van der Waals surface area contributed by atoms with Crippen molar-refractivity contribution in [2.75, 3.05) is 13.6 Å². The standard InChI is InChI=1S/C23H30FN5O5/c1-28(13-15-5-3-6-15)22(32)33-14-19-20(26-27-29(19)2)18-9-8-17(12-25-18)34-16-7-4-10-23(24,11-16)21(30)31/h8-9,12,15-16H,3-7,10-11,13-14H2,1-2H3,(H,30,31)/t16-,23-/m0/s1. The van der Waals surface area contributed by atoms with Gasteiger partial charge in [0, 0.05) is 27.1 Å². The first-order valence-corrected chi connectivity index (χ1v) is 11.6. The second-order valence-electron chi connectivity index (χ2n) is 9.23. The summed E-state index contributed by atoms with van der Waals surface area (Å²) in [5.41, 5.74) is -0.658. The molecule has 0 aromatic carbocycles. The summed E-state index contributed by atoms with van der Waals surface area (Å²) in [6.07, 6.45) is 4.89. The molecule has 4 rings (SSSR count). The molecular formula is C23H30FN5O5. The summed E-state index contributed by atoms with van der Waals surface area (Å²) >= 11 is 0. The van der Waals surface area contributed by atoms with Gasteiger partial charge in [-0.2, -0.15) is 0 Å². The van der Waals surface area contributed by atoms with Gasteiger partial charge in [-0.3, -0.25) is 4.98 Å². The zero-order valence-electron chi connectivity index (χ0n) is 19.4. The number of carboxylic acids is 1. The Morgan fingerprint density at radius 3 is 2.74 bits per heavy atom. The minimum atomic E-state index is -2.26. The van der Waals surface area contributed by atoms with Gasteiger partial charge in [-0.25, -0.2) is 18.7 Å². The maximum atomic E-state index is 14.5. The number of hydrogen-bond acceptors (Lipinski definition) is 7. The molecule has 1 amide bonds. The van der Waals surface area contributed by atoms with Crippen LogP contribution >= 0.6 is 0 Å². The fourth-order valence-corrected chi connectivity index (χ4v) is 4.37. The number of carbonyl (C=O) groups is 2. The number of halogens is 1. The van der Waals surface area contributed by atoms with Crippen LogP contribution < -0.4 is 4.74 Å². The van der Waals surface area contributed by atoms with Gasteiger partial charge < -0.3 is 19.5 Å². The third-order valence-electron chi connectivity index (χ3n) is 6.66. The fourth-order valence-electron chi connectivity index (χ4n) is 4.37. The number of aryl methyl sites for hydroxylation is 1. The van der Waals surface area contributed by atoms with Gasteiger partial charge in [0.1, 0.15) is 29.8 Å². The van der Waals surface area contributed by atoms with Gasteiger partial charge in [-0.05, 0) is 50.2 Å². The molecule has 2 fully saturated rings. The van der Waals surface area contributed by atoms with Crippen molar-refractivity contribution in [1.29, 1.82) is 0 Å². The van der Waals surface area contributed by atoms with Crippen LogP contribution in [0.1, 0.15) is 50.6 Å². The summed E-state index contributed by atoms with van der Waals surface area (Å²) in [6, 6.07) is 3.37. The average Bonchev–Trinajstić information content (AvgIpc) is 3.15. The van der Waals surface area contributed by atoms with Gasteiger partial charge in [0.2, 0.25) is 5.67 Å². The summed E-state index contributed by atoms with van der Waals surface area (Å²) in [5.74, 6) is -0.479. The number of rotatable bonds is 8. The summed E-state index contributed by atoms with van der Waals surface area (Å²) in [6.45, 7) is 0.692. The minimum Gasteiger partial charge on any atom is -0.489 e. The molecule has 0 bridgehead atoms. The molecule has 2 aliphatic rings. The van der Waals surface area contributed by atoms with E-state index in [0.717, 1.165) is 12.8 Å². The van der Waals surface area contributed by atoms with Crippen molar-refractivity contribution in [3.63, 3.8) is 0 Å². The van der Waals surface area contributed by atoms with E-state index < -0.39 is 23.8 Å². The Bertz CT molecular complexity index is 1030. The smallest absolute Gasteiger partial charge is 0.409 e. The molecule has 0 unspecified atom stereocenters. The van der Waals surface area contributed by atoms with E-state index in [2.05, 4.69) is 15.3 Å². The normalized spacial score (nSPS) is 22.6. The maximum Gasteiger partial charge on any atom is 0.409 e. The highest BCUT2D eigenvalue weighted by Crippen LogP contribution is 2.34. The van der Waals surface area contributed by atoms with E-state index in [1.165, 1.54) is 17.3 Å². The van der Waals surface area contributed by atoms with Crippen molar-refractivity contribution >= 4 is 12.1 Å². The Balaban J connectivity index is 1.37. The Morgan fingerprint density at radius 2 is 2.09 bits per heavy atom. The number of aliphatic carboxylic acids is 1. The molecule has 0 spiro atoms. The average molecular weight is 476 g/mol. The number of ether oxygens (including phenoxy) is 2. The summed E-state index contributed by atoms with van der Waals surface area (Å²) in [5, 5.41) is 17.3. The molecular weight excluding hydrogens is 445 g/mol. The van der Waals surface area contributed by atoms with Crippen LogP contribution in [0.15, 0.2) is 18.3 Å². The molecule has 2 aromatic rings. The van der Waals surface area contributed by atoms with Crippen LogP contribution in [0.5, 0.6) is 5.75 Å². The summed E-state index contributed by atoms with van der Waals surface area (Å²) in [4.78, 5) is 29.5. The first-order chi connectivity index (χ1) is 16.2. The van der Waals surface area contributed by atoms with E-state index in [1.54, 1.807) is 31.1 Å². The Morgan fingerprint density at radius 1 is 1.29 bits per heavy atom. The molecule has 34 heavy (non-hydrogen) atoms. The zero-order chi connectivity index (χ0) is 24.3. The quantitative estimate of drug-likeness (QED) is 0.617. The lowest BCUT2D eigenvalue weighted by molar-refractivity contribution is -0.155. The van der Waals surface area contributed by atoms with E-state index in [1.807, 2.05) is 0 Å². The largest absolute Gasteiger partial charge is 0.489 e. The van der Waals surface area contributed by atoms with Crippen LogP contribution in [0.25, 0.3) is 11.4 Å². The molecule has 0 radical (unpaired) electrons. The molecule has 1 N–H and O–H groups in total. The van der Waals surface area contributed by atoms with Crippen LogP contribution in [0.2, 0.25) is 0 Å². The first kappa shape index (κ1) is 23.9. The first-order valence-electron chi connectivity index (χ1n) is 11.6. The highest BCUT2D eigenvalue weighted by Gasteiger charge is 2.44. The third-order valence-corrected chi connectivity index (χ3v) is 6.66. The second kappa shape index (κ2) is 9.94. The molecule has 2 aliphatic carbocycles. The molecule has 2 atom stereocenters. The number of alkyl halides is 1. The molecule has 10 nitrogen and oxygen atoms in total. The third kappa shape index (κ3) is 5.28. The van der Waals surface area contributed by atoms with Crippen molar-refractivity contribution in [2.45, 2.75) is 63.3 Å². The van der Waals surface area contributed by atoms with Gasteiger partial charge in [0.15, 0.2) is 0 Å². The van der Waals surface area contributed by atoms with E-state index in [4.69, 9.17) is 14.6 Å². The fraction of sp³-hybridized carbons (Fsp3) is 0.609. The lowest BCUT2D eigenvalue weighted by Crippen LogP contribution is -2.42. The summed E-state index contributed by atoms with van der Waals surface area (Å²) in [7, 11) is 3.45. The molecule has 11 heteroatoms. The molecule has 2 aromatic heterocycles. The molecule has 184 valence electrons. The highest BCUT2D eigenvalue weighted by molar-refractivity contribution is 5.77. The van der Waals surface area contributed by atoms with Crippen molar-refractivity contribution in [3.05, 3.63) is 24.0 Å². The van der Waals surface area contributed by atoms with E-state index in [0.29, 0.717) is 48.1 Å². The molecule has 0 aliphatic heterocycles. The number of carbonyl (C=O) groups excluding carboxylic acids is 1. The highest BCUT2D eigenvalue weighted by atomic mass is 19.1. The van der Waals surface area contributed by atoms with Crippen molar-refractivity contribution in [2.24, 2.45) is 13.0 Å². The number of carboxylic acid groups (broad SMARTS) is 1. The lowest BCUT2D eigenvalue weighted by atomic mass is 9.84. The van der Waals surface area contributed by atoms with Gasteiger partial charge in [-0.15, -0.1) is 5.10 Å². The van der Waals surface area contributed by atoms with Crippen LogP contribution in [0.3, 0.4) is 0 Å². The molecule has 0 saturated heterocycles. The van der Waals surface area contributed by atoms with Gasteiger partial charge in [-0.1, -0.05) is 11.6 Å². The molecule has 2 saturated carbocycles. The van der Waals surface area contributed by atoms with Gasteiger partial charge >= 0.3 is 12.1 Å². The summed E-state index contributed by atoms with van der Waals surface area (Å²) < 4.78 is 27.3. The van der Waals surface area contributed by atoms with Crippen LogP contribution in [0.4, 0.5) is 9.18 Å². The van der Waals surface area contributed by atoms with Crippen molar-refractivity contribution < 1.29 is 28.6 Å². The SMILES string of the molecule is CN(CC1CCC1)C(=O)OCc1c(-c2ccc(O[C@H]3CCC[C@@](F)(C(=O)O)C3)cn2)nnn1C. The number of aromatic nitrogens is 4. The van der Waals surface area contributed by atoms with E-state index >= 15 is 0 Å². The van der Waals surface area contributed by atoms with Crippen LogP contribution in [-0.4, -0.2) is 67.4 Å². The maximum absolute atomic E-state index is 14.5. The van der Waals surface area contributed by atoms with Crippen LogP contribution in [-0.2, 0) is 23.2 Å². The topological polar surface area (TPSA) is 120 Å². The Kier molecular flexibility index (Phi) is 6.99. The monoisotopic (exact) mass is 475 g/mol. The van der Waals surface area contributed by atoms with Crippen LogP contribution in [0, 0.1) is 5.92 Å². The Labute approximate surface area is 197 Å². The zero-order valence-corrected chi connectivity index (χ0v) is 19.4. The second-order valence-corrected chi connectivity index (χ2v) is 9.23.